The fourth-order valence-electron chi connectivity index (χ4n) is 3.87. The van der Waals surface area contributed by atoms with Crippen LogP contribution in [0.15, 0.2) is 71.9 Å². The molecule has 29 heavy (non-hydrogen) atoms. The van der Waals surface area contributed by atoms with Crippen LogP contribution in [-0.4, -0.2) is 34.2 Å². The summed E-state index contributed by atoms with van der Waals surface area (Å²) in [4.78, 5) is 19.7. The molecule has 146 valence electrons. The highest BCUT2D eigenvalue weighted by Crippen LogP contribution is 2.30. The molecule has 0 radical (unpaired) electrons. The van der Waals surface area contributed by atoms with Crippen molar-refractivity contribution in [1.29, 1.82) is 0 Å². The van der Waals surface area contributed by atoms with Crippen LogP contribution in [-0.2, 0) is 0 Å². The summed E-state index contributed by atoms with van der Waals surface area (Å²) in [6.45, 7) is 2.83. The van der Waals surface area contributed by atoms with Gasteiger partial charge in [0, 0.05) is 29.9 Å². The Labute approximate surface area is 168 Å². The molecule has 1 saturated heterocycles. The van der Waals surface area contributed by atoms with Crippen LogP contribution < -0.4 is 15.6 Å². The molecule has 0 saturated carbocycles. The van der Waals surface area contributed by atoms with E-state index in [1.54, 1.807) is 0 Å². The van der Waals surface area contributed by atoms with Crippen LogP contribution in [0.5, 0.6) is 5.75 Å². The normalized spacial score (nSPS) is 16.3. The number of nitrogens with one attached hydrogen (secondary N) is 2. The number of para-hydroxylation sites is 1. The third-order valence-corrected chi connectivity index (χ3v) is 5.43. The molecule has 3 heterocycles. The summed E-state index contributed by atoms with van der Waals surface area (Å²) in [5.74, 6) is 1.44. The van der Waals surface area contributed by atoms with E-state index < -0.39 is 0 Å². The predicted molar refractivity (Wildman–Crippen MR) is 114 cm³/mol. The second-order valence-corrected chi connectivity index (χ2v) is 7.37. The Hall–Kier alpha value is -3.38. The first-order valence-corrected chi connectivity index (χ1v) is 9.88. The standard InChI is InChI=1S/C23H22N4O2/c28-23-22-21(25-15-26-23)20(13-27(22)18-4-2-1-3-5-18)17-6-8-19(9-7-17)29-14-16-10-11-24-12-16/h1-9,13,15-16,24H,10-12,14H2,(H,25,26,28). The Bertz CT molecular complexity index is 1170. The summed E-state index contributed by atoms with van der Waals surface area (Å²) in [6.07, 6.45) is 4.59. The third-order valence-electron chi connectivity index (χ3n) is 5.43. The lowest BCUT2D eigenvalue weighted by Crippen LogP contribution is -2.15. The molecule has 1 fully saturated rings. The second-order valence-electron chi connectivity index (χ2n) is 7.37. The van der Waals surface area contributed by atoms with E-state index in [0.29, 0.717) is 17.0 Å². The molecule has 0 amide bonds. The van der Waals surface area contributed by atoms with Gasteiger partial charge in [-0.05, 0) is 42.8 Å². The predicted octanol–water partition coefficient (Wildman–Crippen LogP) is 3.37. The molecule has 4 aromatic rings. The molecule has 0 aliphatic carbocycles. The van der Waals surface area contributed by atoms with Crippen molar-refractivity contribution in [2.24, 2.45) is 5.92 Å². The average Bonchev–Trinajstić information content (AvgIpc) is 3.42. The largest absolute Gasteiger partial charge is 0.493 e. The first-order chi connectivity index (χ1) is 14.3. The van der Waals surface area contributed by atoms with Gasteiger partial charge in [-0.2, -0.15) is 0 Å². The summed E-state index contributed by atoms with van der Waals surface area (Å²) < 4.78 is 7.84. The van der Waals surface area contributed by atoms with E-state index >= 15 is 0 Å². The van der Waals surface area contributed by atoms with Crippen LogP contribution in [0.25, 0.3) is 27.8 Å². The lowest BCUT2D eigenvalue weighted by Gasteiger charge is -2.11. The number of H-pyrrole nitrogens is 1. The molecular weight excluding hydrogens is 364 g/mol. The van der Waals surface area contributed by atoms with Gasteiger partial charge in [0.15, 0.2) is 0 Å². The van der Waals surface area contributed by atoms with Gasteiger partial charge in [-0.15, -0.1) is 0 Å². The fourth-order valence-corrected chi connectivity index (χ4v) is 3.87. The van der Waals surface area contributed by atoms with E-state index in [1.807, 2.05) is 65.4 Å². The van der Waals surface area contributed by atoms with Gasteiger partial charge in [0.1, 0.15) is 16.8 Å². The molecule has 1 atom stereocenters. The SMILES string of the molecule is O=c1[nH]cnc2c(-c3ccc(OCC4CCNC4)cc3)cn(-c3ccccc3)c12. The highest BCUT2D eigenvalue weighted by Gasteiger charge is 2.17. The zero-order valence-electron chi connectivity index (χ0n) is 16.0. The van der Waals surface area contributed by atoms with Crippen molar-refractivity contribution in [3.8, 4) is 22.6 Å². The number of rotatable bonds is 5. The van der Waals surface area contributed by atoms with Gasteiger partial charge in [0.25, 0.3) is 5.56 Å². The van der Waals surface area contributed by atoms with Crippen molar-refractivity contribution in [2.45, 2.75) is 6.42 Å². The molecule has 1 aliphatic heterocycles. The summed E-state index contributed by atoms with van der Waals surface area (Å²) in [5, 5.41) is 3.36. The van der Waals surface area contributed by atoms with Crippen LogP contribution in [0.3, 0.4) is 0 Å². The molecule has 2 aromatic carbocycles. The highest BCUT2D eigenvalue weighted by atomic mass is 16.5. The summed E-state index contributed by atoms with van der Waals surface area (Å²) in [6, 6.07) is 17.8. The molecule has 5 rings (SSSR count). The van der Waals surface area contributed by atoms with E-state index in [2.05, 4.69) is 15.3 Å². The number of ether oxygens (including phenoxy) is 1. The monoisotopic (exact) mass is 386 g/mol. The van der Waals surface area contributed by atoms with Crippen molar-refractivity contribution in [3.05, 3.63) is 77.5 Å². The summed E-state index contributed by atoms with van der Waals surface area (Å²) in [5.41, 5.74) is 3.91. The van der Waals surface area contributed by atoms with Gasteiger partial charge in [-0.1, -0.05) is 30.3 Å². The van der Waals surface area contributed by atoms with E-state index in [4.69, 9.17) is 4.74 Å². The Morgan fingerprint density at radius 3 is 2.69 bits per heavy atom. The number of aromatic amines is 1. The molecule has 0 spiro atoms. The van der Waals surface area contributed by atoms with E-state index in [0.717, 1.165) is 48.7 Å². The smallest absolute Gasteiger partial charge is 0.275 e. The summed E-state index contributed by atoms with van der Waals surface area (Å²) in [7, 11) is 0. The third kappa shape index (κ3) is 3.43. The van der Waals surface area contributed by atoms with Gasteiger partial charge < -0.3 is 19.6 Å². The Balaban J connectivity index is 1.50. The van der Waals surface area contributed by atoms with Gasteiger partial charge in [0.05, 0.1) is 12.9 Å². The Kier molecular flexibility index (Phi) is 4.62. The number of hydrogen-bond donors (Lipinski definition) is 2. The number of nitrogens with zero attached hydrogens (tertiary/aromatic N) is 2. The topological polar surface area (TPSA) is 71.9 Å². The van der Waals surface area contributed by atoms with Gasteiger partial charge >= 0.3 is 0 Å². The lowest BCUT2D eigenvalue weighted by molar-refractivity contribution is 0.260. The first-order valence-electron chi connectivity index (χ1n) is 9.88. The minimum Gasteiger partial charge on any atom is -0.493 e. The van der Waals surface area contributed by atoms with Crippen LogP contribution in [0, 0.1) is 5.92 Å². The fraction of sp³-hybridized carbons (Fsp3) is 0.217. The van der Waals surface area contributed by atoms with Gasteiger partial charge in [-0.3, -0.25) is 4.79 Å². The van der Waals surface area contributed by atoms with Crippen LogP contribution in [0.4, 0.5) is 0 Å². The Morgan fingerprint density at radius 2 is 1.93 bits per heavy atom. The number of hydrogen-bond acceptors (Lipinski definition) is 4. The maximum Gasteiger partial charge on any atom is 0.275 e. The van der Waals surface area contributed by atoms with Crippen molar-refractivity contribution in [1.82, 2.24) is 19.9 Å². The van der Waals surface area contributed by atoms with Gasteiger partial charge in [0.2, 0.25) is 0 Å². The second kappa shape index (κ2) is 7.56. The molecule has 1 aliphatic rings. The lowest BCUT2D eigenvalue weighted by atomic mass is 10.1. The van der Waals surface area contributed by atoms with Crippen molar-refractivity contribution in [3.63, 3.8) is 0 Å². The number of aromatic nitrogens is 3. The van der Waals surface area contributed by atoms with E-state index in [1.165, 1.54) is 6.33 Å². The van der Waals surface area contributed by atoms with Gasteiger partial charge in [-0.25, -0.2) is 4.98 Å². The average molecular weight is 386 g/mol. The highest BCUT2D eigenvalue weighted by molar-refractivity contribution is 5.93. The number of fused-ring (bicyclic) bond motifs is 1. The first kappa shape index (κ1) is 17.7. The van der Waals surface area contributed by atoms with Crippen LogP contribution in [0.1, 0.15) is 6.42 Å². The van der Waals surface area contributed by atoms with Crippen molar-refractivity contribution in [2.75, 3.05) is 19.7 Å². The van der Waals surface area contributed by atoms with Crippen LogP contribution in [0.2, 0.25) is 0 Å². The molecule has 6 heteroatoms. The van der Waals surface area contributed by atoms with E-state index in [-0.39, 0.29) is 5.56 Å². The molecule has 1 unspecified atom stereocenters. The maximum atomic E-state index is 12.5. The minimum absolute atomic E-state index is 0.157. The van der Waals surface area contributed by atoms with Crippen molar-refractivity contribution < 1.29 is 4.74 Å². The zero-order chi connectivity index (χ0) is 19.6. The molecule has 2 N–H and O–H groups in total. The zero-order valence-corrected chi connectivity index (χ0v) is 16.0. The van der Waals surface area contributed by atoms with Crippen LogP contribution >= 0.6 is 0 Å². The molecule has 6 nitrogen and oxygen atoms in total. The molecular formula is C23H22N4O2. The number of benzene rings is 2. The minimum atomic E-state index is -0.157. The molecule has 0 bridgehead atoms. The quantitative estimate of drug-likeness (QED) is 0.552. The van der Waals surface area contributed by atoms with E-state index in [9.17, 15) is 4.79 Å². The maximum absolute atomic E-state index is 12.5. The van der Waals surface area contributed by atoms with Crippen molar-refractivity contribution >= 4 is 11.0 Å². The summed E-state index contributed by atoms with van der Waals surface area (Å²) >= 11 is 0. The Morgan fingerprint density at radius 1 is 1.10 bits per heavy atom. The molecule has 2 aromatic heterocycles.